The fourth-order valence-electron chi connectivity index (χ4n) is 2.16. The molecule has 0 unspecified atom stereocenters. The Morgan fingerprint density at radius 3 is 2.96 bits per heavy atom. The molecule has 1 aliphatic rings. The van der Waals surface area contributed by atoms with Crippen molar-refractivity contribution in [1.29, 1.82) is 0 Å². The van der Waals surface area contributed by atoms with E-state index in [0.29, 0.717) is 29.2 Å². The summed E-state index contributed by atoms with van der Waals surface area (Å²) in [5, 5.41) is 12.4. The van der Waals surface area contributed by atoms with E-state index in [0.717, 1.165) is 23.4 Å². The smallest absolute Gasteiger partial charge is 0.250 e. The largest absolute Gasteiger partial charge is 0.493 e. The molecule has 1 heterocycles. The van der Waals surface area contributed by atoms with Crippen molar-refractivity contribution in [2.75, 3.05) is 19.0 Å². The average molecular weight is 357 g/mol. The van der Waals surface area contributed by atoms with Gasteiger partial charge >= 0.3 is 0 Å². The minimum absolute atomic E-state index is 0.246. The minimum Gasteiger partial charge on any atom is -0.493 e. The third kappa shape index (κ3) is 4.67. The summed E-state index contributed by atoms with van der Waals surface area (Å²) in [6.45, 7) is 4.02. The van der Waals surface area contributed by atoms with Crippen LogP contribution in [0.3, 0.4) is 0 Å². The summed E-state index contributed by atoms with van der Waals surface area (Å²) >= 11 is 1.44. The fraction of sp³-hybridized carbons (Fsp3) is 0.278. The molecule has 25 heavy (non-hydrogen) atoms. The first-order valence-corrected chi connectivity index (χ1v) is 8.75. The Hall–Kier alpha value is -2.67. The maximum absolute atomic E-state index is 12.0. The number of anilines is 1. The van der Waals surface area contributed by atoms with Crippen LogP contribution in [-0.4, -0.2) is 29.8 Å². The molecule has 0 radical (unpaired) electrons. The van der Waals surface area contributed by atoms with Gasteiger partial charge in [0, 0.05) is 12.0 Å². The van der Waals surface area contributed by atoms with Gasteiger partial charge in [0.05, 0.1) is 7.11 Å². The lowest BCUT2D eigenvalue weighted by molar-refractivity contribution is -0.111. The normalized spacial score (nSPS) is 13.6. The summed E-state index contributed by atoms with van der Waals surface area (Å²) in [6, 6.07) is 5.45. The zero-order valence-corrected chi connectivity index (χ0v) is 14.7. The molecule has 1 fully saturated rings. The van der Waals surface area contributed by atoms with Crippen molar-refractivity contribution in [2.45, 2.75) is 18.8 Å². The SMILES string of the molecule is C=CCOc1ccc(/C=C/C(=O)Nc2nnc(C3CC3)s2)cc1OC. The van der Waals surface area contributed by atoms with Crippen LogP contribution in [0.15, 0.2) is 36.9 Å². The zero-order chi connectivity index (χ0) is 17.6. The van der Waals surface area contributed by atoms with Crippen LogP contribution in [0.5, 0.6) is 11.5 Å². The molecular formula is C18H19N3O3S. The van der Waals surface area contributed by atoms with Gasteiger partial charge in [0.1, 0.15) is 11.6 Å². The van der Waals surface area contributed by atoms with Gasteiger partial charge in [-0.1, -0.05) is 30.1 Å². The molecule has 1 amide bonds. The van der Waals surface area contributed by atoms with E-state index in [9.17, 15) is 4.79 Å². The van der Waals surface area contributed by atoms with Crippen LogP contribution in [0.1, 0.15) is 29.3 Å². The second-order valence-corrected chi connectivity index (χ2v) is 6.56. The van der Waals surface area contributed by atoms with Gasteiger partial charge in [-0.2, -0.15) is 0 Å². The van der Waals surface area contributed by atoms with Crippen LogP contribution in [0.4, 0.5) is 5.13 Å². The highest BCUT2D eigenvalue weighted by Crippen LogP contribution is 2.42. The van der Waals surface area contributed by atoms with Gasteiger partial charge in [-0.3, -0.25) is 10.1 Å². The Morgan fingerprint density at radius 1 is 1.40 bits per heavy atom. The summed E-state index contributed by atoms with van der Waals surface area (Å²) in [5.41, 5.74) is 0.828. The standard InChI is InChI=1S/C18H19N3O3S/c1-3-10-24-14-8-4-12(11-15(14)23-2)5-9-16(22)19-18-21-20-17(25-18)13-6-7-13/h3-5,8-9,11,13H,1,6-7,10H2,2H3,(H,19,21,22)/b9-5+. The quantitative estimate of drug-likeness (QED) is 0.577. The van der Waals surface area contributed by atoms with Crippen molar-refractivity contribution in [3.05, 3.63) is 47.5 Å². The molecule has 1 aromatic carbocycles. The first-order chi connectivity index (χ1) is 12.2. The van der Waals surface area contributed by atoms with Gasteiger partial charge < -0.3 is 9.47 Å². The molecule has 1 saturated carbocycles. The fourth-order valence-corrected chi connectivity index (χ4v) is 3.07. The Kier molecular flexibility index (Phi) is 5.45. The minimum atomic E-state index is -0.246. The predicted octanol–water partition coefficient (Wildman–Crippen LogP) is 3.64. The number of ether oxygens (including phenoxy) is 2. The molecule has 6 nitrogen and oxygen atoms in total. The third-order valence-electron chi connectivity index (χ3n) is 3.57. The van der Waals surface area contributed by atoms with Gasteiger partial charge in [0.15, 0.2) is 11.5 Å². The van der Waals surface area contributed by atoms with Crippen LogP contribution < -0.4 is 14.8 Å². The molecule has 0 bridgehead atoms. The molecule has 3 rings (SSSR count). The van der Waals surface area contributed by atoms with Crippen molar-refractivity contribution in [1.82, 2.24) is 10.2 Å². The van der Waals surface area contributed by atoms with Crippen LogP contribution in [0.25, 0.3) is 6.08 Å². The lowest BCUT2D eigenvalue weighted by atomic mass is 10.2. The van der Waals surface area contributed by atoms with Crippen molar-refractivity contribution < 1.29 is 14.3 Å². The Morgan fingerprint density at radius 2 is 2.24 bits per heavy atom. The van der Waals surface area contributed by atoms with Gasteiger partial charge in [0.25, 0.3) is 0 Å². The van der Waals surface area contributed by atoms with Gasteiger partial charge in [-0.15, -0.1) is 10.2 Å². The van der Waals surface area contributed by atoms with Gasteiger partial charge in [-0.05, 0) is 36.6 Å². The Bertz CT molecular complexity index is 797. The molecule has 1 aliphatic carbocycles. The second kappa shape index (κ2) is 7.94. The zero-order valence-electron chi connectivity index (χ0n) is 13.9. The Balaban J connectivity index is 1.61. The molecule has 0 saturated heterocycles. The van der Waals surface area contributed by atoms with Gasteiger partial charge in [-0.25, -0.2) is 0 Å². The van der Waals surface area contributed by atoms with Gasteiger partial charge in [0.2, 0.25) is 11.0 Å². The monoisotopic (exact) mass is 357 g/mol. The number of carbonyl (C=O) groups excluding carboxylic acids is 1. The van der Waals surface area contributed by atoms with E-state index in [1.54, 1.807) is 31.4 Å². The van der Waals surface area contributed by atoms with Crippen molar-refractivity contribution >= 4 is 28.5 Å². The number of methoxy groups -OCH3 is 1. The molecule has 2 aromatic rings. The van der Waals surface area contributed by atoms with E-state index < -0.39 is 0 Å². The van der Waals surface area contributed by atoms with Crippen LogP contribution in [0.2, 0.25) is 0 Å². The first-order valence-electron chi connectivity index (χ1n) is 7.94. The second-order valence-electron chi connectivity index (χ2n) is 5.55. The number of rotatable bonds is 8. The van der Waals surface area contributed by atoms with Crippen LogP contribution in [-0.2, 0) is 4.79 Å². The van der Waals surface area contributed by atoms with E-state index in [4.69, 9.17) is 9.47 Å². The first kappa shape index (κ1) is 17.2. The van der Waals surface area contributed by atoms with E-state index in [-0.39, 0.29) is 5.91 Å². The number of aromatic nitrogens is 2. The lowest BCUT2D eigenvalue weighted by Crippen LogP contribution is -2.07. The summed E-state index contributed by atoms with van der Waals surface area (Å²) in [7, 11) is 1.57. The van der Waals surface area contributed by atoms with Crippen LogP contribution in [0, 0.1) is 0 Å². The molecule has 1 aromatic heterocycles. The predicted molar refractivity (Wildman–Crippen MR) is 98.2 cm³/mol. The molecular weight excluding hydrogens is 338 g/mol. The molecule has 0 aliphatic heterocycles. The molecule has 130 valence electrons. The molecule has 7 heteroatoms. The highest BCUT2D eigenvalue weighted by atomic mass is 32.1. The Labute approximate surface area is 150 Å². The van der Waals surface area contributed by atoms with Crippen molar-refractivity contribution in [3.63, 3.8) is 0 Å². The van der Waals surface area contributed by atoms with Crippen LogP contribution >= 0.6 is 11.3 Å². The van der Waals surface area contributed by atoms with E-state index in [2.05, 4.69) is 22.1 Å². The molecule has 0 atom stereocenters. The summed E-state index contributed by atoms with van der Waals surface area (Å²) in [5.74, 6) is 1.52. The number of amides is 1. The third-order valence-corrected chi connectivity index (χ3v) is 4.57. The summed E-state index contributed by atoms with van der Waals surface area (Å²) in [6.07, 6.45) is 7.16. The topological polar surface area (TPSA) is 73.3 Å². The number of hydrogen-bond donors (Lipinski definition) is 1. The van der Waals surface area contributed by atoms with E-state index in [1.165, 1.54) is 17.4 Å². The maximum Gasteiger partial charge on any atom is 0.250 e. The highest BCUT2D eigenvalue weighted by Gasteiger charge is 2.27. The summed E-state index contributed by atoms with van der Waals surface area (Å²) in [4.78, 5) is 12.0. The maximum atomic E-state index is 12.0. The van der Waals surface area contributed by atoms with E-state index >= 15 is 0 Å². The number of nitrogens with zero attached hydrogens (tertiary/aromatic N) is 2. The number of carbonyl (C=O) groups is 1. The lowest BCUT2D eigenvalue weighted by Gasteiger charge is -2.09. The number of benzene rings is 1. The number of hydrogen-bond acceptors (Lipinski definition) is 6. The van der Waals surface area contributed by atoms with Crippen molar-refractivity contribution in [2.24, 2.45) is 0 Å². The summed E-state index contributed by atoms with van der Waals surface area (Å²) < 4.78 is 10.8. The molecule has 1 N–H and O–H groups in total. The van der Waals surface area contributed by atoms with Crippen molar-refractivity contribution in [3.8, 4) is 11.5 Å². The van der Waals surface area contributed by atoms with E-state index in [1.807, 2.05) is 6.07 Å². The average Bonchev–Trinajstić information content (AvgIpc) is 3.38. The highest BCUT2D eigenvalue weighted by molar-refractivity contribution is 7.15. The molecule has 0 spiro atoms. The number of nitrogens with one attached hydrogen (secondary N) is 1.